The molecular formula is C15H15BrClN3O5S. The lowest BCUT2D eigenvalue weighted by Crippen LogP contribution is -2.14. The molecule has 11 heteroatoms. The van der Waals surface area contributed by atoms with Crippen LogP contribution in [-0.2, 0) is 10.0 Å². The molecule has 1 aliphatic rings. The van der Waals surface area contributed by atoms with Crippen molar-refractivity contribution in [2.75, 3.05) is 4.72 Å². The lowest BCUT2D eigenvalue weighted by molar-refractivity contribution is 0.0675. The van der Waals surface area contributed by atoms with Crippen LogP contribution >= 0.6 is 27.5 Å². The van der Waals surface area contributed by atoms with Crippen molar-refractivity contribution in [1.82, 2.24) is 9.55 Å². The molecule has 3 rings (SSSR count). The van der Waals surface area contributed by atoms with Gasteiger partial charge in [0.25, 0.3) is 10.0 Å². The number of rotatable bonds is 5. The van der Waals surface area contributed by atoms with Crippen LogP contribution in [0.3, 0.4) is 0 Å². The van der Waals surface area contributed by atoms with Gasteiger partial charge < -0.3 is 14.8 Å². The highest BCUT2D eigenvalue weighted by Crippen LogP contribution is 2.36. The normalized spacial score (nSPS) is 15.3. The Morgan fingerprint density at radius 3 is 2.62 bits per heavy atom. The van der Waals surface area contributed by atoms with Gasteiger partial charge in [-0.2, -0.15) is 0 Å². The molecule has 0 atom stereocenters. The van der Waals surface area contributed by atoms with E-state index in [1.807, 2.05) is 0 Å². The summed E-state index contributed by atoms with van der Waals surface area (Å²) < 4.78 is 29.2. The Morgan fingerprint density at radius 2 is 2.00 bits per heavy atom. The van der Waals surface area contributed by atoms with Crippen molar-refractivity contribution in [2.24, 2.45) is 0 Å². The molecule has 0 unspecified atom stereocenters. The summed E-state index contributed by atoms with van der Waals surface area (Å²) >= 11 is 8.93. The highest BCUT2D eigenvalue weighted by molar-refractivity contribution is 9.10. The average molecular weight is 465 g/mol. The first-order chi connectivity index (χ1) is 12.2. The maximum atomic E-state index is 12.6. The van der Waals surface area contributed by atoms with Gasteiger partial charge in [0.05, 0.1) is 5.02 Å². The highest BCUT2D eigenvalue weighted by Gasteiger charge is 2.27. The third kappa shape index (κ3) is 3.67. The molecule has 26 heavy (non-hydrogen) atoms. The maximum Gasteiger partial charge on any atom is 0.372 e. The van der Waals surface area contributed by atoms with Crippen molar-refractivity contribution in [1.29, 1.82) is 0 Å². The summed E-state index contributed by atoms with van der Waals surface area (Å²) in [6.07, 6.45) is 4.95. The van der Waals surface area contributed by atoms with Gasteiger partial charge in [0, 0.05) is 16.7 Å². The van der Waals surface area contributed by atoms with E-state index in [4.69, 9.17) is 11.6 Å². The van der Waals surface area contributed by atoms with E-state index < -0.39 is 26.6 Å². The zero-order valence-electron chi connectivity index (χ0n) is 13.3. The Kier molecular flexibility index (Phi) is 5.18. The SMILES string of the molecule is O=C(O)c1nc(NS(=O)(=O)c2cc(Br)cc(Cl)c2O)cn1C1CCCC1. The summed E-state index contributed by atoms with van der Waals surface area (Å²) in [5.74, 6) is -2.21. The molecule has 1 aromatic carbocycles. The summed E-state index contributed by atoms with van der Waals surface area (Å²) in [7, 11) is -4.22. The summed E-state index contributed by atoms with van der Waals surface area (Å²) in [5.41, 5.74) is 0. The van der Waals surface area contributed by atoms with Gasteiger partial charge >= 0.3 is 5.97 Å². The average Bonchev–Trinajstić information content (AvgIpc) is 3.19. The first kappa shape index (κ1) is 19.0. The number of anilines is 1. The Balaban J connectivity index is 1.98. The predicted octanol–water partition coefficient (Wildman–Crippen LogP) is 3.62. The van der Waals surface area contributed by atoms with Gasteiger partial charge in [0.15, 0.2) is 11.6 Å². The summed E-state index contributed by atoms with van der Waals surface area (Å²) in [6, 6.07) is 2.52. The van der Waals surface area contributed by atoms with E-state index in [-0.39, 0.29) is 22.7 Å². The van der Waals surface area contributed by atoms with Crippen LogP contribution in [-0.4, -0.2) is 34.2 Å². The largest absolute Gasteiger partial charge is 0.505 e. The van der Waals surface area contributed by atoms with Crippen LogP contribution in [0.2, 0.25) is 5.02 Å². The monoisotopic (exact) mass is 463 g/mol. The van der Waals surface area contributed by atoms with E-state index in [2.05, 4.69) is 25.6 Å². The van der Waals surface area contributed by atoms with Gasteiger partial charge in [0.1, 0.15) is 4.90 Å². The fourth-order valence-electron chi connectivity index (χ4n) is 3.00. The predicted molar refractivity (Wildman–Crippen MR) is 98.3 cm³/mol. The van der Waals surface area contributed by atoms with E-state index in [1.54, 1.807) is 0 Å². The number of sulfonamides is 1. The Labute approximate surface area is 163 Å². The zero-order valence-corrected chi connectivity index (χ0v) is 16.5. The van der Waals surface area contributed by atoms with Gasteiger partial charge in [0.2, 0.25) is 5.82 Å². The molecule has 0 saturated heterocycles. The second-order valence-corrected chi connectivity index (χ2v) is 8.91. The highest BCUT2D eigenvalue weighted by atomic mass is 79.9. The molecule has 3 N–H and O–H groups in total. The van der Waals surface area contributed by atoms with E-state index in [1.165, 1.54) is 22.9 Å². The number of phenols is 1. The van der Waals surface area contributed by atoms with Gasteiger partial charge in [-0.25, -0.2) is 18.2 Å². The van der Waals surface area contributed by atoms with Crippen LogP contribution in [0.4, 0.5) is 5.82 Å². The van der Waals surface area contributed by atoms with Crippen LogP contribution in [0.1, 0.15) is 42.3 Å². The lowest BCUT2D eigenvalue weighted by atomic mass is 10.2. The number of carboxylic acids is 1. The maximum absolute atomic E-state index is 12.6. The number of phenolic OH excluding ortho intramolecular Hbond substituents is 1. The quantitative estimate of drug-likeness (QED) is 0.621. The number of carboxylic acid groups (broad SMARTS) is 1. The number of nitrogens with zero attached hydrogens (tertiary/aromatic N) is 2. The Morgan fingerprint density at radius 1 is 1.35 bits per heavy atom. The van der Waals surface area contributed by atoms with Gasteiger partial charge in [-0.05, 0) is 25.0 Å². The molecular weight excluding hydrogens is 450 g/mol. The zero-order chi connectivity index (χ0) is 19.1. The van der Waals surface area contributed by atoms with Crippen LogP contribution in [0.25, 0.3) is 0 Å². The van der Waals surface area contributed by atoms with E-state index >= 15 is 0 Å². The number of benzene rings is 1. The van der Waals surface area contributed by atoms with Crippen molar-refractivity contribution >= 4 is 49.3 Å². The topological polar surface area (TPSA) is 122 Å². The third-order valence-corrected chi connectivity index (χ3v) is 6.28. The molecule has 1 saturated carbocycles. The van der Waals surface area contributed by atoms with Crippen LogP contribution < -0.4 is 4.72 Å². The fourth-order valence-corrected chi connectivity index (χ4v) is 5.15. The molecule has 140 valence electrons. The van der Waals surface area contributed by atoms with Crippen LogP contribution in [0.5, 0.6) is 5.75 Å². The van der Waals surface area contributed by atoms with Crippen molar-refractivity contribution in [3.8, 4) is 5.75 Å². The van der Waals surface area contributed by atoms with Crippen LogP contribution in [0.15, 0.2) is 27.7 Å². The van der Waals surface area contributed by atoms with Gasteiger partial charge in [-0.15, -0.1) is 0 Å². The molecule has 0 bridgehead atoms. The second kappa shape index (κ2) is 7.09. The minimum atomic E-state index is -4.22. The molecule has 0 spiro atoms. The number of hydrogen-bond acceptors (Lipinski definition) is 5. The van der Waals surface area contributed by atoms with Gasteiger partial charge in [-0.1, -0.05) is 40.4 Å². The molecule has 1 aliphatic carbocycles. The molecule has 1 aromatic heterocycles. The first-order valence-electron chi connectivity index (χ1n) is 7.72. The molecule has 0 aliphatic heterocycles. The van der Waals surface area contributed by atoms with Crippen LogP contribution in [0, 0.1) is 0 Å². The Hall–Kier alpha value is -1.78. The first-order valence-corrected chi connectivity index (χ1v) is 10.4. The number of halogens is 2. The van der Waals surface area contributed by atoms with E-state index in [0.29, 0.717) is 4.47 Å². The number of hydrogen-bond donors (Lipinski definition) is 3. The fraction of sp³-hybridized carbons (Fsp3) is 0.333. The molecule has 2 aromatic rings. The summed E-state index contributed by atoms with van der Waals surface area (Å²) in [6.45, 7) is 0. The molecule has 0 radical (unpaired) electrons. The number of imidazole rings is 1. The van der Waals surface area contributed by atoms with E-state index in [9.17, 15) is 23.4 Å². The van der Waals surface area contributed by atoms with Crippen molar-refractivity contribution in [3.05, 3.63) is 33.6 Å². The van der Waals surface area contributed by atoms with E-state index in [0.717, 1.165) is 25.7 Å². The second-order valence-electron chi connectivity index (χ2n) is 5.94. The third-order valence-electron chi connectivity index (χ3n) is 4.16. The smallest absolute Gasteiger partial charge is 0.372 e. The van der Waals surface area contributed by atoms with Gasteiger partial charge in [-0.3, -0.25) is 4.72 Å². The molecule has 1 heterocycles. The molecule has 8 nitrogen and oxygen atoms in total. The lowest BCUT2D eigenvalue weighted by Gasteiger charge is -2.12. The summed E-state index contributed by atoms with van der Waals surface area (Å²) in [5, 5.41) is 19.2. The Bertz CT molecular complexity index is 970. The molecule has 0 amide bonds. The number of nitrogens with one attached hydrogen (secondary N) is 1. The van der Waals surface area contributed by atoms with Crippen molar-refractivity contribution in [2.45, 2.75) is 36.6 Å². The standard InChI is InChI=1S/C15H15BrClN3O5S/c16-8-5-10(17)13(21)11(6-8)26(24,25)19-12-7-20(9-3-1-2-4-9)14(18-12)15(22)23/h5-7,9,19,21H,1-4H2,(H,22,23). The number of aromatic hydroxyl groups is 1. The van der Waals surface area contributed by atoms with Crippen molar-refractivity contribution < 1.29 is 23.4 Å². The van der Waals surface area contributed by atoms with Crippen molar-refractivity contribution in [3.63, 3.8) is 0 Å². The number of carbonyl (C=O) groups is 1. The number of aromatic carboxylic acids is 1. The minimum absolute atomic E-state index is 0.0272. The summed E-state index contributed by atoms with van der Waals surface area (Å²) in [4.78, 5) is 14.9. The molecule has 1 fully saturated rings. The number of aromatic nitrogens is 2. The minimum Gasteiger partial charge on any atom is -0.505 e.